The van der Waals surface area contributed by atoms with Gasteiger partial charge in [0.25, 0.3) is 0 Å². The normalized spacial score (nSPS) is 12.2. The lowest BCUT2D eigenvalue weighted by Crippen LogP contribution is -2.43. The van der Waals surface area contributed by atoms with E-state index in [-0.39, 0.29) is 36.4 Å². The maximum absolute atomic E-state index is 11.8. The molecule has 0 aliphatic rings. The molecule has 0 spiro atoms. The number of benzene rings is 1. The third-order valence-electron chi connectivity index (χ3n) is 3.55. The fraction of sp³-hybridized carbons (Fsp3) is 0.529. The number of nitrogens with zero attached hydrogens (tertiary/aromatic N) is 3. The zero-order valence-electron chi connectivity index (χ0n) is 15.0. The van der Waals surface area contributed by atoms with Crippen LogP contribution in [0.15, 0.2) is 33.7 Å². The van der Waals surface area contributed by atoms with Gasteiger partial charge in [-0.3, -0.25) is 4.79 Å². The molecule has 7 heteroatoms. The number of carbonyl (C=O) groups excluding carboxylic acids is 1. The third-order valence-corrected chi connectivity index (χ3v) is 4.07. The van der Waals surface area contributed by atoms with Gasteiger partial charge in [-0.05, 0) is 31.0 Å². The number of nitrogens with one attached hydrogen (secondary N) is 1. The molecule has 0 saturated carbocycles. The zero-order chi connectivity index (χ0) is 17.4. The third kappa shape index (κ3) is 8.32. The summed E-state index contributed by atoms with van der Waals surface area (Å²) < 4.78 is 1.06. The SMILES string of the molecule is CCC(C)NC(=NCC(=O)N(C)C)N(C)Cc1ccc(Br)cc1.I. The van der Waals surface area contributed by atoms with Crippen molar-refractivity contribution < 1.29 is 4.79 Å². The molecule has 0 heterocycles. The number of aliphatic imine (C=N–C) groups is 1. The Morgan fingerprint density at radius 2 is 1.83 bits per heavy atom. The lowest BCUT2D eigenvalue weighted by atomic mass is 10.2. The van der Waals surface area contributed by atoms with Gasteiger partial charge >= 0.3 is 0 Å². The van der Waals surface area contributed by atoms with Gasteiger partial charge in [-0.2, -0.15) is 0 Å². The molecule has 0 aliphatic heterocycles. The van der Waals surface area contributed by atoms with E-state index in [1.54, 1.807) is 19.0 Å². The van der Waals surface area contributed by atoms with Crippen molar-refractivity contribution in [2.24, 2.45) is 4.99 Å². The first-order chi connectivity index (χ1) is 10.8. The number of rotatable bonds is 6. The second kappa shape index (κ2) is 11.7. The van der Waals surface area contributed by atoms with E-state index >= 15 is 0 Å². The fourth-order valence-corrected chi connectivity index (χ4v) is 2.09. The molecular formula is C17H28BrIN4O. The standard InChI is InChI=1S/C17H27BrN4O.HI/c1-6-13(2)20-17(19-11-16(23)21(3)4)22(5)12-14-7-9-15(18)10-8-14;/h7-10,13H,6,11-12H2,1-5H3,(H,19,20);1H. The topological polar surface area (TPSA) is 47.9 Å². The number of carbonyl (C=O) groups is 1. The Morgan fingerprint density at radius 1 is 1.25 bits per heavy atom. The van der Waals surface area contributed by atoms with Crippen molar-refractivity contribution in [1.82, 2.24) is 15.1 Å². The molecular weight excluding hydrogens is 483 g/mol. The molecule has 24 heavy (non-hydrogen) atoms. The van der Waals surface area contributed by atoms with Crippen LogP contribution in [0.5, 0.6) is 0 Å². The Hall–Kier alpha value is -0.830. The Bertz CT molecular complexity index is 534. The molecule has 0 aromatic heterocycles. The maximum atomic E-state index is 11.8. The van der Waals surface area contributed by atoms with Crippen LogP contribution in [-0.4, -0.2) is 55.4 Å². The first kappa shape index (κ1) is 23.2. The van der Waals surface area contributed by atoms with Crippen LogP contribution < -0.4 is 5.32 Å². The van der Waals surface area contributed by atoms with Gasteiger partial charge in [-0.25, -0.2) is 4.99 Å². The summed E-state index contributed by atoms with van der Waals surface area (Å²) >= 11 is 3.45. The van der Waals surface area contributed by atoms with E-state index < -0.39 is 0 Å². The molecule has 0 aliphatic carbocycles. The maximum Gasteiger partial charge on any atom is 0.243 e. The highest BCUT2D eigenvalue weighted by Gasteiger charge is 2.11. The summed E-state index contributed by atoms with van der Waals surface area (Å²) in [6.45, 7) is 5.11. The van der Waals surface area contributed by atoms with Crippen LogP contribution in [0.3, 0.4) is 0 Å². The van der Waals surface area contributed by atoms with Crippen LogP contribution in [-0.2, 0) is 11.3 Å². The quantitative estimate of drug-likeness (QED) is 0.363. The summed E-state index contributed by atoms with van der Waals surface area (Å²) in [5.74, 6) is 0.739. The van der Waals surface area contributed by atoms with Gasteiger partial charge in [0.15, 0.2) is 5.96 Å². The van der Waals surface area contributed by atoms with Crippen molar-refractivity contribution in [2.45, 2.75) is 32.9 Å². The van der Waals surface area contributed by atoms with Crippen molar-refractivity contribution in [3.05, 3.63) is 34.3 Å². The Balaban J connectivity index is 0.00000529. The van der Waals surface area contributed by atoms with Crippen molar-refractivity contribution >= 4 is 51.8 Å². The minimum absolute atomic E-state index is 0. The van der Waals surface area contributed by atoms with E-state index in [1.807, 2.05) is 24.1 Å². The van der Waals surface area contributed by atoms with Crippen LogP contribution in [0.1, 0.15) is 25.8 Å². The number of likely N-dealkylation sites (N-methyl/N-ethyl adjacent to an activating group) is 1. The average molecular weight is 511 g/mol. The van der Waals surface area contributed by atoms with Crippen molar-refractivity contribution in [2.75, 3.05) is 27.7 Å². The summed E-state index contributed by atoms with van der Waals surface area (Å²) in [4.78, 5) is 19.9. The van der Waals surface area contributed by atoms with Crippen molar-refractivity contribution in [3.63, 3.8) is 0 Å². The first-order valence-corrected chi connectivity index (χ1v) is 8.59. The molecule has 1 aromatic carbocycles. The number of halogens is 2. The van der Waals surface area contributed by atoms with Crippen LogP contribution in [0, 0.1) is 0 Å². The zero-order valence-corrected chi connectivity index (χ0v) is 19.0. The summed E-state index contributed by atoms with van der Waals surface area (Å²) in [6.07, 6.45) is 0.993. The second-order valence-corrected chi connectivity index (χ2v) is 6.78. The lowest BCUT2D eigenvalue weighted by Gasteiger charge is -2.25. The van der Waals surface area contributed by atoms with Crippen LogP contribution >= 0.6 is 39.9 Å². The largest absolute Gasteiger partial charge is 0.354 e. The van der Waals surface area contributed by atoms with Crippen LogP contribution in [0.25, 0.3) is 0 Å². The van der Waals surface area contributed by atoms with E-state index in [0.29, 0.717) is 6.04 Å². The van der Waals surface area contributed by atoms with Gasteiger partial charge in [-0.15, -0.1) is 24.0 Å². The number of hydrogen-bond donors (Lipinski definition) is 1. The van der Waals surface area contributed by atoms with Crippen molar-refractivity contribution in [1.29, 1.82) is 0 Å². The molecule has 1 rings (SSSR count). The van der Waals surface area contributed by atoms with Gasteiger partial charge in [-0.1, -0.05) is 35.0 Å². The molecule has 0 radical (unpaired) electrons. The van der Waals surface area contributed by atoms with Crippen LogP contribution in [0.2, 0.25) is 0 Å². The number of hydrogen-bond acceptors (Lipinski definition) is 2. The highest BCUT2D eigenvalue weighted by molar-refractivity contribution is 14.0. The van der Waals surface area contributed by atoms with E-state index in [4.69, 9.17) is 0 Å². The Morgan fingerprint density at radius 3 is 2.33 bits per heavy atom. The smallest absolute Gasteiger partial charge is 0.243 e. The van der Waals surface area contributed by atoms with E-state index in [2.05, 4.69) is 52.2 Å². The second-order valence-electron chi connectivity index (χ2n) is 5.86. The fourth-order valence-electron chi connectivity index (χ4n) is 1.82. The van der Waals surface area contributed by atoms with Gasteiger partial charge in [0, 0.05) is 38.2 Å². The monoisotopic (exact) mass is 510 g/mol. The van der Waals surface area contributed by atoms with Gasteiger partial charge in [0.1, 0.15) is 6.54 Å². The van der Waals surface area contributed by atoms with E-state index in [0.717, 1.165) is 23.4 Å². The highest BCUT2D eigenvalue weighted by atomic mass is 127. The van der Waals surface area contributed by atoms with E-state index in [1.165, 1.54) is 5.56 Å². The molecule has 1 amide bonds. The molecule has 0 bridgehead atoms. The molecule has 0 fully saturated rings. The first-order valence-electron chi connectivity index (χ1n) is 7.80. The molecule has 1 unspecified atom stereocenters. The van der Waals surface area contributed by atoms with Gasteiger partial charge in [0.2, 0.25) is 5.91 Å². The lowest BCUT2D eigenvalue weighted by molar-refractivity contribution is -0.127. The predicted octanol–water partition coefficient (Wildman–Crippen LogP) is 3.33. The molecule has 1 N–H and O–H groups in total. The Labute approximate surface area is 171 Å². The summed E-state index contributed by atoms with van der Waals surface area (Å²) in [6, 6.07) is 8.50. The van der Waals surface area contributed by atoms with Crippen LogP contribution in [0.4, 0.5) is 0 Å². The van der Waals surface area contributed by atoms with Gasteiger partial charge in [0.05, 0.1) is 0 Å². The minimum Gasteiger partial charge on any atom is -0.354 e. The molecule has 5 nitrogen and oxygen atoms in total. The average Bonchev–Trinajstić information content (AvgIpc) is 2.52. The highest BCUT2D eigenvalue weighted by Crippen LogP contribution is 2.12. The summed E-state index contributed by atoms with van der Waals surface area (Å²) in [5.41, 5.74) is 1.19. The number of amides is 1. The Kier molecular flexibility index (Phi) is 11.3. The summed E-state index contributed by atoms with van der Waals surface area (Å²) in [5, 5.41) is 3.39. The predicted molar refractivity (Wildman–Crippen MR) is 115 cm³/mol. The molecule has 0 saturated heterocycles. The molecule has 136 valence electrons. The van der Waals surface area contributed by atoms with E-state index in [9.17, 15) is 4.79 Å². The van der Waals surface area contributed by atoms with Crippen molar-refractivity contribution in [3.8, 4) is 0 Å². The minimum atomic E-state index is -0.00880. The molecule has 1 aromatic rings. The molecule has 1 atom stereocenters. The van der Waals surface area contributed by atoms with Gasteiger partial charge < -0.3 is 15.1 Å². The number of guanidine groups is 1. The summed E-state index contributed by atoms with van der Waals surface area (Å²) in [7, 11) is 5.47.